The summed E-state index contributed by atoms with van der Waals surface area (Å²) in [6.45, 7) is 2.04. The Bertz CT molecular complexity index is 759. The van der Waals surface area contributed by atoms with Gasteiger partial charge in [-0.2, -0.15) is 0 Å². The number of nitrogens with one attached hydrogen (secondary N) is 1. The highest BCUT2D eigenvalue weighted by atomic mass is 79.9. The summed E-state index contributed by atoms with van der Waals surface area (Å²) >= 11 is 6.95. The summed E-state index contributed by atoms with van der Waals surface area (Å²) in [5.74, 6) is -0.0675. The first-order valence-electron chi connectivity index (χ1n) is 6.11. The third kappa shape index (κ3) is 2.25. The molecule has 2 heterocycles. The van der Waals surface area contributed by atoms with Crippen LogP contribution < -0.4 is 5.32 Å². The van der Waals surface area contributed by atoms with Crippen LogP contribution >= 0.6 is 31.9 Å². The minimum atomic E-state index is -0.0675. The van der Waals surface area contributed by atoms with Crippen LogP contribution in [0.15, 0.2) is 33.5 Å². The molecule has 3 rings (SSSR count). The van der Waals surface area contributed by atoms with Crippen molar-refractivity contribution in [1.29, 1.82) is 0 Å². The van der Waals surface area contributed by atoms with Crippen molar-refractivity contribution < 1.29 is 4.79 Å². The second-order valence-electron chi connectivity index (χ2n) is 4.88. The highest BCUT2D eigenvalue weighted by molar-refractivity contribution is 9.11. The Kier molecular flexibility index (Phi) is 3.34. The number of aryl methyl sites for hydroxylation is 2. The van der Waals surface area contributed by atoms with Gasteiger partial charge in [0.25, 0.3) is 5.91 Å². The van der Waals surface area contributed by atoms with Crippen LogP contribution in [0.5, 0.6) is 0 Å². The molecule has 1 aliphatic rings. The van der Waals surface area contributed by atoms with Gasteiger partial charge in [0.05, 0.1) is 5.69 Å². The Balaban J connectivity index is 2.17. The number of aromatic nitrogens is 1. The van der Waals surface area contributed by atoms with Crippen molar-refractivity contribution in [3.8, 4) is 0 Å². The van der Waals surface area contributed by atoms with Gasteiger partial charge in [0.2, 0.25) is 0 Å². The molecule has 0 atom stereocenters. The molecule has 0 spiro atoms. The Morgan fingerprint density at radius 2 is 2.00 bits per heavy atom. The van der Waals surface area contributed by atoms with Gasteiger partial charge >= 0.3 is 0 Å². The zero-order valence-corrected chi connectivity index (χ0v) is 14.2. The third-order valence-electron chi connectivity index (χ3n) is 3.32. The number of hydrogen-bond acceptors (Lipinski definition) is 1. The van der Waals surface area contributed by atoms with Crippen molar-refractivity contribution in [2.24, 2.45) is 7.05 Å². The van der Waals surface area contributed by atoms with E-state index in [1.165, 1.54) is 0 Å². The van der Waals surface area contributed by atoms with Gasteiger partial charge in [0, 0.05) is 39.5 Å². The van der Waals surface area contributed by atoms with Crippen LogP contribution in [0.2, 0.25) is 0 Å². The van der Waals surface area contributed by atoms with Crippen molar-refractivity contribution in [2.75, 3.05) is 5.32 Å². The predicted octanol–water partition coefficient (Wildman–Crippen LogP) is 4.35. The average molecular weight is 396 g/mol. The molecular formula is C15H12Br2N2O. The second-order valence-corrected chi connectivity index (χ2v) is 6.65. The molecule has 1 amide bonds. The first-order valence-corrected chi connectivity index (χ1v) is 7.69. The number of amides is 1. The quantitative estimate of drug-likeness (QED) is 0.715. The summed E-state index contributed by atoms with van der Waals surface area (Å²) in [4.78, 5) is 12.2. The molecule has 0 fully saturated rings. The molecule has 1 aromatic heterocycles. The number of fused-ring (bicyclic) bond motifs is 1. The monoisotopic (exact) mass is 394 g/mol. The lowest BCUT2D eigenvalue weighted by atomic mass is 10.0. The second kappa shape index (κ2) is 4.90. The number of hydrogen-bond donors (Lipinski definition) is 1. The lowest BCUT2D eigenvalue weighted by Crippen LogP contribution is -2.03. The van der Waals surface area contributed by atoms with Crippen LogP contribution in [0.3, 0.4) is 0 Å². The highest BCUT2D eigenvalue weighted by Gasteiger charge is 2.26. The Hall–Kier alpha value is -1.33. The predicted molar refractivity (Wildman–Crippen MR) is 88.5 cm³/mol. The summed E-state index contributed by atoms with van der Waals surface area (Å²) in [5.41, 5.74) is 4.64. The molecule has 0 aliphatic carbocycles. The van der Waals surface area contributed by atoms with Crippen LogP contribution in [0.25, 0.3) is 11.6 Å². The van der Waals surface area contributed by atoms with Crippen molar-refractivity contribution in [2.45, 2.75) is 6.92 Å². The number of benzene rings is 1. The summed E-state index contributed by atoms with van der Waals surface area (Å²) < 4.78 is 3.81. The van der Waals surface area contributed by atoms with E-state index >= 15 is 0 Å². The van der Waals surface area contributed by atoms with Gasteiger partial charge in [-0.25, -0.2) is 0 Å². The molecule has 0 bridgehead atoms. The zero-order valence-electron chi connectivity index (χ0n) is 11.0. The van der Waals surface area contributed by atoms with E-state index in [0.717, 1.165) is 31.3 Å². The molecule has 1 N–H and O–H groups in total. The van der Waals surface area contributed by atoms with Gasteiger partial charge in [-0.15, -0.1) is 0 Å². The fourth-order valence-electron chi connectivity index (χ4n) is 2.40. The van der Waals surface area contributed by atoms with Crippen molar-refractivity contribution >= 4 is 55.1 Å². The molecule has 0 saturated heterocycles. The van der Waals surface area contributed by atoms with Gasteiger partial charge in [-0.1, -0.05) is 15.9 Å². The van der Waals surface area contributed by atoms with E-state index in [9.17, 15) is 4.79 Å². The number of halogens is 2. The standard InChI is InChI=1S/C15H12Br2N2O/c1-8-6-19(2)7-9(8)3-12-11-4-10(16)5-13(17)14(11)18-15(12)20/h3-7H,1-2H3,(H,18,20). The van der Waals surface area contributed by atoms with Crippen LogP contribution in [0, 0.1) is 6.92 Å². The lowest BCUT2D eigenvalue weighted by molar-refractivity contribution is -0.110. The van der Waals surface area contributed by atoms with Gasteiger partial charge in [-0.3, -0.25) is 4.79 Å². The van der Waals surface area contributed by atoms with E-state index in [-0.39, 0.29) is 5.91 Å². The number of rotatable bonds is 1. The summed E-state index contributed by atoms with van der Waals surface area (Å²) in [7, 11) is 1.98. The Morgan fingerprint density at radius 1 is 1.25 bits per heavy atom. The van der Waals surface area contributed by atoms with Gasteiger partial charge in [0.15, 0.2) is 0 Å². The molecular weight excluding hydrogens is 384 g/mol. The largest absolute Gasteiger partial charge is 0.356 e. The smallest absolute Gasteiger partial charge is 0.256 e. The highest BCUT2D eigenvalue weighted by Crippen LogP contribution is 2.40. The average Bonchev–Trinajstić information content (AvgIpc) is 2.82. The molecule has 102 valence electrons. The molecule has 0 radical (unpaired) electrons. The topological polar surface area (TPSA) is 34.0 Å². The van der Waals surface area contributed by atoms with Crippen LogP contribution in [-0.2, 0) is 11.8 Å². The zero-order chi connectivity index (χ0) is 14.4. The summed E-state index contributed by atoms with van der Waals surface area (Å²) in [6, 6.07) is 3.89. The molecule has 5 heteroatoms. The molecule has 0 saturated carbocycles. The SMILES string of the molecule is Cc1cn(C)cc1C=C1C(=O)Nc2c(Br)cc(Br)cc21. The van der Waals surface area contributed by atoms with Gasteiger partial charge in [0.1, 0.15) is 0 Å². The van der Waals surface area contributed by atoms with E-state index < -0.39 is 0 Å². The minimum absolute atomic E-state index is 0.0675. The van der Waals surface area contributed by atoms with Crippen LogP contribution in [0.4, 0.5) is 5.69 Å². The molecule has 0 unspecified atom stereocenters. The Labute approximate surface area is 133 Å². The maximum Gasteiger partial charge on any atom is 0.256 e. The fraction of sp³-hybridized carbons (Fsp3) is 0.133. The molecule has 2 aromatic rings. The van der Waals surface area contributed by atoms with E-state index in [0.29, 0.717) is 5.57 Å². The Morgan fingerprint density at radius 3 is 2.65 bits per heavy atom. The normalized spacial score (nSPS) is 15.6. The van der Waals surface area contributed by atoms with E-state index in [1.807, 2.05) is 49.1 Å². The minimum Gasteiger partial charge on any atom is -0.356 e. The molecule has 3 nitrogen and oxygen atoms in total. The maximum atomic E-state index is 12.2. The number of carbonyl (C=O) groups is 1. The number of anilines is 1. The van der Waals surface area contributed by atoms with E-state index in [2.05, 4.69) is 37.2 Å². The summed E-state index contributed by atoms with van der Waals surface area (Å²) in [6.07, 6.45) is 5.99. The van der Waals surface area contributed by atoms with Crippen molar-refractivity contribution in [3.05, 3.63) is 50.2 Å². The fourth-order valence-corrected chi connectivity index (χ4v) is 3.73. The summed E-state index contributed by atoms with van der Waals surface area (Å²) in [5, 5.41) is 2.91. The van der Waals surface area contributed by atoms with Crippen LogP contribution in [-0.4, -0.2) is 10.5 Å². The first-order chi connectivity index (χ1) is 9.45. The molecule has 1 aliphatic heterocycles. The van der Waals surface area contributed by atoms with E-state index in [1.54, 1.807) is 0 Å². The van der Waals surface area contributed by atoms with E-state index in [4.69, 9.17) is 0 Å². The van der Waals surface area contributed by atoms with Crippen LogP contribution in [0.1, 0.15) is 16.7 Å². The van der Waals surface area contributed by atoms with Gasteiger partial charge < -0.3 is 9.88 Å². The lowest BCUT2D eigenvalue weighted by Gasteiger charge is -2.02. The molecule has 1 aromatic carbocycles. The number of carbonyl (C=O) groups excluding carboxylic acids is 1. The first kappa shape index (κ1) is 13.6. The maximum absolute atomic E-state index is 12.2. The molecule has 20 heavy (non-hydrogen) atoms. The van der Waals surface area contributed by atoms with Crippen molar-refractivity contribution in [1.82, 2.24) is 4.57 Å². The third-order valence-corrected chi connectivity index (χ3v) is 4.41. The number of nitrogens with zero attached hydrogens (tertiary/aromatic N) is 1. The van der Waals surface area contributed by atoms with Crippen molar-refractivity contribution in [3.63, 3.8) is 0 Å². The van der Waals surface area contributed by atoms with Gasteiger partial charge in [-0.05, 0) is 52.2 Å².